The molecule has 12 heteroatoms. The first-order valence-corrected chi connectivity index (χ1v) is 11.1. The van der Waals surface area contributed by atoms with Crippen LogP contribution in [0.25, 0.3) is 0 Å². The van der Waals surface area contributed by atoms with E-state index in [1.54, 1.807) is 13.8 Å². The van der Waals surface area contributed by atoms with E-state index in [0.717, 1.165) is 0 Å². The summed E-state index contributed by atoms with van der Waals surface area (Å²) in [5.74, 6) is -0.499. The summed E-state index contributed by atoms with van der Waals surface area (Å²) >= 11 is 0. The van der Waals surface area contributed by atoms with Crippen molar-refractivity contribution in [3.63, 3.8) is 0 Å². The summed E-state index contributed by atoms with van der Waals surface area (Å²) in [6.07, 6.45) is -2.82. The van der Waals surface area contributed by atoms with E-state index in [1.165, 1.54) is 36.3 Å². The van der Waals surface area contributed by atoms with Gasteiger partial charge in [-0.15, -0.1) is 0 Å². The molecule has 0 unspecified atom stereocenters. The number of rotatable bonds is 5. The molecule has 0 N–H and O–H groups in total. The minimum absolute atomic E-state index is 0.0488. The van der Waals surface area contributed by atoms with Crippen LogP contribution in [0.15, 0.2) is 24.3 Å². The van der Waals surface area contributed by atoms with E-state index >= 15 is 0 Å². The SMILES string of the molecule is CCN(CC)C(=O)O[C@]12c3ccccc3N(S(=O)(=O)C(F)(F)F)[C@H]1CC(=O)C[C@H]2OC. The molecule has 1 aromatic carbocycles. The Morgan fingerprint density at radius 2 is 1.84 bits per heavy atom. The first-order valence-electron chi connectivity index (χ1n) is 9.68. The Kier molecular flexibility index (Phi) is 6.00. The van der Waals surface area contributed by atoms with Crippen molar-refractivity contribution in [2.24, 2.45) is 0 Å². The lowest BCUT2D eigenvalue weighted by Crippen LogP contribution is -2.62. The van der Waals surface area contributed by atoms with Gasteiger partial charge in [-0.3, -0.25) is 9.10 Å². The van der Waals surface area contributed by atoms with Gasteiger partial charge < -0.3 is 14.4 Å². The molecule has 172 valence electrons. The number of ether oxygens (including phenoxy) is 2. The van der Waals surface area contributed by atoms with Crippen LogP contribution in [-0.2, 0) is 29.9 Å². The number of halogens is 3. The Morgan fingerprint density at radius 1 is 1.23 bits per heavy atom. The van der Waals surface area contributed by atoms with Crippen LogP contribution < -0.4 is 4.31 Å². The molecule has 1 aliphatic heterocycles. The molecule has 2 aliphatic rings. The highest BCUT2D eigenvalue weighted by Crippen LogP contribution is 2.55. The number of hydrogen-bond acceptors (Lipinski definition) is 6. The number of benzene rings is 1. The normalized spacial score (nSPS) is 25.7. The number of carbonyl (C=O) groups excluding carboxylic acids is 2. The third-order valence-electron chi connectivity index (χ3n) is 5.77. The number of alkyl halides is 3. The molecule has 1 amide bonds. The molecule has 1 fully saturated rings. The minimum atomic E-state index is -5.90. The van der Waals surface area contributed by atoms with E-state index in [9.17, 15) is 31.2 Å². The van der Waals surface area contributed by atoms with Crippen LogP contribution in [-0.4, -0.2) is 63.0 Å². The van der Waals surface area contributed by atoms with Crippen molar-refractivity contribution in [1.29, 1.82) is 0 Å². The van der Waals surface area contributed by atoms with Crippen LogP contribution in [0.5, 0.6) is 0 Å². The van der Waals surface area contributed by atoms with Crippen LogP contribution in [0.1, 0.15) is 32.3 Å². The molecule has 8 nitrogen and oxygen atoms in total. The van der Waals surface area contributed by atoms with Crippen LogP contribution in [0, 0.1) is 0 Å². The number of fused-ring (bicyclic) bond motifs is 3. The van der Waals surface area contributed by atoms with E-state index < -0.39 is 51.6 Å². The summed E-state index contributed by atoms with van der Waals surface area (Å²) in [4.78, 5) is 26.6. The van der Waals surface area contributed by atoms with Crippen molar-refractivity contribution < 1.29 is 40.7 Å². The number of ketones is 1. The third-order valence-corrected chi connectivity index (χ3v) is 7.32. The molecule has 1 saturated carbocycles. The first kappa shape index (κ1) is 23.3. The number of hydrogen-bond donors (Lipinski definition) is 0. The Balaban J connectivity index is 2.28. The topological polar surface area (TPSA) is 93.2 Å². The van der Waals surface area contributed by atoms with Gasteiger partial charge in [-0.1, -0.05) is 18.2 Å². The number of carbonyl (C=O) groups is 2. The van der Waals surface area contributed by atoms with Crippen molar-refractivity contribution in [2.75, 3.05) is 24.5 Å². The van der Waals surface area contributed by atoms with Crippen LogP contribution in [0.2, 0.25) is 0 Å². The third kappa shape index (κ3) is 3.45. The van der Waals surface area contributed by atoms with Crippen molar-refractivity contribution >= 4 is 27.6 Å². The van der Waals surface area contributed by atoms with Gasteiger partial charge in [-0.25, -0.2) is 4.79 Å². The average Bonchev–Trinajstić information content (AvgIpc) is 2.98. The van der Waals surface area contributed by atoms with Crippen molar-refractivity contribution in [2.45, 2.75) is 49.9 Å². The molecule has 1 aromatic rings. The Hall–Kier alpha value is -2.34. The smallest absolute Gasteiger partial charge is 0.433 e. The van der Waals surface area contributed by atoms with Crippen molar-refractivity contribution in [3.05, 3.63) is 29.8 Å². The molecule has 0 radical (unpaired) electrons. The van der Waals surface area contributed by atoms with Gasteiger partial charge in [0.2, 0.25) is 0 Å². The van der Waals surface area contributed by atoms with E-state index in [-0.39, 0.29) is 35.1 Å². The summed E-state index contributed by atoms with van der Waals surface area (Å²) in [6, 6.07) is 3.82. The minimum Gasteiger partial charge on any atom is -0.433 e. The highest BCUT2D eigenvalue weighted by molar-refractivity contribution is 7.93. The van der Waals surface area contributed by atoms with Crippen LogP contribution >= 0.6 is 0 Å². The van der Waals surface area contributed by atoms with E-state index in [0.29, 0.717) is 0 Å². The molecule has 3 rings (SSSR count). The standard InChI is InChI=1S/C19H23F3N2O6S/c1-4-23(5-2)17(26)30-18-13-8-6-7-9-14(13)24(31(27,28)19(20,21)22)15(18)10-12(25)11-16(18)29-3/h6-9,15-16H,4-5,10-11H2,1-3H3/t15-,16+,18+/m0/s1. The lowest BCUT2D eigenvalue weighted by Gasteiger charge is -2.45. The molecular formula is C19H23F3N2O6S. The van der Waals surface area contributed by atoms with Gasteiger partial charge in [0.25, 0.3) is 0 Å². The zero-order chi connectivity index (χ0) is 23.2. The maximum Gasteiger partial charge on any atom is 0.516 e. The summed E-state index contributed by atoms with van der Waals surface area (Å²) in [5, 5.41) is 0. The van der Waals surface area contributed by atoms with Crippen molar-refractivity contribution in [1.82, 2.24) is 4.90 Å². The fourth-order valence-electron chi connectivity index (χ4n) is 4.34. The Labute approximate surface area is 177 Å². The van der Waals surface area contributed by atoms with Gasteiger partial charge in [0.1, 0.15) is 11.9 Å². The molecule has 0 aromatic heterocycles. The predicted molar refractivity (Wildman–Crippen MR) is 104 cm³/mol. The number of sulfonamides is 1. The van der Waals surface area contributed by atoms with Gasteiger partial charge in [0.05, 0.1) is 11.7 Å². The Morgan fingerprint density at radius 3 is 2.39 bits per heavy atom. The average molecular weight is 464 g/mol. The van der Waals surface area contributed by atoms with Gasteiger partial charge in [0, 0.05) is 38.6 Å². The van der Waals surface area contributed by atoms with Crippen molar-refractivity contribution in [3.8, 4) is 0 Å². The number of nitrogens with zero attached hydrogens (tertiary/aromatic N) is 2. The molecule has 1 heterocycles. The molecule has 0 bridgehead atoms. The fraction of sp³-hybridized carbons (Fsp3) is 0.579. The lowest BCUT2D eigenvalue weighted by molar-refractivity contribution is -0.154. The van der Waals surface area contributed by atoms with E-state index in [4.69, 9.17) is 9.47 Å². The van der Waals surface area contributed by atoms with Gasteiger partial charge in [-0.05, 0) is 19.9 Å². The summed E-state index contributed by atoms with van der Waals surface area (Å²) in [7, 11) is -4.67. The second-order valence-electron chi connectivity index (χ2n) is 7.28. The zero-order valence-corrected chi connectivity index (χ0v) is 18.0. The maximum atomic E-state index is 13.6. The number of anilines is 1. The van der Waals surface area contributed by atoms with Gasteiger partial charge in [0.15, 0.2) is 5.60 Å². The molecule has 31 heavy (non-hydrogen) atoms. The number of Topliss-reactive ketones (excluding diaryl/α,β-unsaturated/α-hetero) is 1. The summed E-state index contributed by atoms with van der Waals surface area (Å²) < 4.78 is 77.2. The molecular weight excluding hydrogens is 441 g/mol. The van der Waals surface area contributed by atoms with Crippen LogP contribution in [0.4, 0.5) is 23.7 Å². The highest BCUT2D eigenvalue weighted by atomic mass is 32.2. The van der Waals surface area contributed by atoms with Gasteiger partial charge >= 0.3 is 21.6 Å². The molecule has 0 spiro atoms. The molecule has 1 aliphatic carbocycles. The number of para-hydroxylation sites is 1. The summed E-state index contributed by atoms with van der Waals surface area (Å²) in [5.41, 5.74) is -7.79. The molecule has 0 saturated heterocycles. The monoisotopic (exact) mass is 464 g/mol. The van der Waals surface area contributed by atoms with E-state index in [2.05, 4.69) is 0 Å². The second-order valence-corrected chi connectivity index (χ2v) is 9.09. The highest BCUT2D eigenvalue weighted by Gasteiger charge is 2.68. The predicted octanol–water partition coefficient (Wildman–Crippen LogP) is 2.78. The Bertz CT molecular complexity index is 979. The van der Waals surface area contributed by atoms with Gasteiger partial charge in [-0.2, -0.15) is 21.6 Å². The maximum absolute atomic E-state index is 13.6. The molecule has 3 atom stereocenters. The first-order chi connectivity index (χ1) is 14.5. The lowest BCUT2D eigenvalue weighted by atomic mass is 9.75. The zero-order valence-electron chi connectivity index (χ0n) is 17.2. The fourth-order valence-corrected chi connectivity index (χ4v) is 5.55. The quantitative estimate of drug-likeness (QED) is 0.665. The van der Waals surface area contributed by atoms with E-state index in [1.807, 2.05) is 0 Å². The number of methoxy groups -OCH3 is 1. The van der Waals surface area contributed by atoms with Crippen LogP contribution in [0.3, 0.4) is 0 Å². The largest absolute Gasteiger partial charge is 0.516 e. The second kappa shape index (κ2) is 7.97. The summed E-state index contributed by atoms with van der Waals surface area (Å²) in [6.45, 7) is 3.92. The number of amides is 1.